The average Bonchev–Trinajstić information content (AvgIpc) is 3.56. The van der Waals surface area contributed by atoms with Gasteiger partial charge in [-0.25, -0.2) is 13.1 Å². The van der Waals surface area contributed by atoms with Crippen molar-refractivity contribution in [1.82, 2.24) is 9.78 Å². The SMILES string of the molecule is COc1ccc(-n2nc(S(C)(=O)=O)c3c2C(=O)N(c2ccc(C4(C(C)C(N)=O)CC4)cc2)CC3)cc1. The Balaban J connectivity index is 1.52. The molecule has 0 spiro atoms. The van der Waals surface area contributed by atoms with Gasteiger partial charge >= 0.3 is 0 Å². The summed E-state index contributed by atoms with van der Waals surface area (Å²) in [5.41, 5.74) is 8.28. The highest BCUT2D eigenvalue weighted by molar-refractivity contribution is 7.90. The molecule has 2 N–H and O–H groups in total. The molecule has 188 valence electrons. The molecule has 1 atom stereocenters. The number of anilines is 1. The molecule has 2 amide bonds. The van der Waals surface area contributed by atoms with Gasteiger partial charge in [-0.3, -0.25) is 9.59 Å². The van der Waals surface area contributed by atoms with Gasteiger partial charge in [0.05, 0.1) is 12.8 Å². The van der Waals surface area contributed by atoms with Gasteiger partial charge in [0.2, 0.25) is 5.91 Å². The fourth-order valence-electron chi connectivity index (χ4n) is 5.13. The van der Waals surface area contributed by atoms with Crippen molar-refractivity contribution in [2.75, 3.05) is 24.8 Å². The molecule has 36 heavy (non-hydrogen) atoms. The van der Waals surface area contributed by atoms with Gasteiger partial charge in [0.25, 0.3) is 5.91 Å². The Morgan fingerprint density at radius 1 is 1.08 bits per heavy atom. The molecular weight excluding hydrogens is 480 g/mol. The fourth-order valence-corrected chi connectivity index (χ4v) is 6.01. The molecule has 1 fully saturated rings. The van der Waals surface area contributed by atoms with E-state index < -0.39 is 9.84 Å². The van der Waals surface area contributed by atoms with Gasteiger partial charge in [0.15, 0.2) is 14.9 Å². The standard InChI is InChI=1S/C26H28N4O5S/c1-16(23(27)31)26(13-14-26)17-4-6-18(7-5-17)29-15-12-21-22(25(29)32)30(28-24(21)36(3,33)34)19-8-10-20(35-2)11-9-19/h4-11,16H,12-15H2,1-3H3,(H2,27,31). The van der Waals surface area contributed by atoms with Crippen molar-refractivity contribution in [3.05, 3.63) is 65.4 Å². The number of rotatable bonds is 7. The fraction of sp³-hybridized carbons (Fsp3) is 0.346. The van der Waals surface area contributed by atoms with E-state index >= 15 is 0 Å². The number of benzene rings is 2. The van der Waals surface area contributed by atoms with Gasteiger partial charge in [-0.15, -0.1) is 0 Å². The molecule has 1 aliphatic heterocycles. The van der Waals surface area contributed by atoms with E-state index in [1.165, 1.54) is 4.68 Å². The van der Waals surface area contributed by atoms with Crippen LogP contribution in [0.1, 0.15) is 41.4 Å². The number of carbonyl (C=O) groups is 2. The van der Waals surface area contributed by atoms with Crippen molar-refractivity contribution >= 4 is 27.3 Å². The Morgan fingerprint density at radius 2 is 1.69 bits per heavy atom. The summed E-state index contributed by atoms with van der Waals surface area (Å²) >= 11 is 0. The van der Waals surface area contributed by atoms with E-state index in [4.69, 9.17) is 10.5 Å². The Kier molecular flexibility index (Phi) is 5.66. The molecule has 1 aliphatic carbocycles. The van der Waals surface area contributed by atoms with Crippen LogP contribution in [0.3, 0.4) is 0 Å². The maximum absolute atomic E-state index is 13.8. The Morgan fingerprint density at radius 3 is 2.22 bits per heavy atom. The number of nitrogens with two attached hydrogens (primary N) is 1. The number of sulfone groups is 1. The molecule has 9 nitrogen and oxygen atoms in total. The van der Waals surface area contributed by atoms with E-state index in [9.17, 15) is 18.0 Å². The molecule has 2 aromatic carbocycles. The number of carbonyl (C=O) groups excluding carboxylic acids is 2. The molecule has 10 heteroatoms. The van der Waals surface area contributed by atoms with Crippen molar-refractivity contribution in [3.63, 3.8) is 0 Å². The van der Waals surface area contributed by atoms with Gasteiger partial charge in [0, 0.05) is 35.4 Å². The predicted molar refractivity (Wildman–Crippen MR) is 134 cm³/mol. The third-order valence-electron chi connectivity index (χ3n) is 7.45. The second kappa shape index (κ2) is 8.48. The first-order chi connectivity index (χ1) is 17.1. The van der Waals surface area contributed by atoms with Gasteiger partial charge in [-0.2, -0.15) is 5.10 Å². The van der Waals surface area contributed by atoms with Crippen LogP contribution in [0.5, 0.6) is 5.75 Å². The summed E-state index contributed by atoms with van der Waals surface area (Å²) in [6.07, 6.45) is 3.25. The molecule has 2 heterocycles. The minimum Gasteiger partial charge on any atom is -0.497 e. The number of hydrogen-bond acceptors (Lipinski definition) is 6. The average molecular weight is 509 g/mol. The van der Waals surface area contributed by atoms with Crippen LogP contribution in [-0.4, -0.2) is 49.9 Å². The summed E-state index contributed by atoms with van der Waals surface area (Å²) in [4.78, 5) is 27.2. The number of amides is 2. The number of methoxy groups -OCH3 is 1. The zero-order valence-electron chi connectivity index (χ0n) is 20.4. The van der Waals surface area contributed by atoms with Crippen molar-refractivity contribution in [1.29, 1.82) is 0 Å². The molecule has 0 radical (unpaired) electrons. The number of ether oxygens (including phenoxy) is 1. The van der Waals surface area contributed by atoms with Crippen LogP contribution in [0.4, 0.5) is 5.69 Å². The first-order valence-electron chi connectivity index (χ1n) is 11.7. The van der Waals surface area contributed by atoms with Crippen molar-refractivity contribution in [3.8, 4) is 11.4 Å². The highest BCUT2D eigenvalue weighted by Crippen LogP contribution is 2.54. The number of fused-ring (bicyclic) bond motifs is 1. The van der Waals surface area contributed by atoms with E-state index in [0.29, 0.717) is 35.7 Å². The molecule has 3 aromatic rings. The molecule has 0 bridgehead atoms. The lowest BCUT2D eigenvalue weighted by atomic mass is 9.83. The molecule has 2 aliphatic rings. The summed E-state index contributed by atoms with van der Waals surface area (Å²) in [5, 5.41) is 4.28. The summed E-state index contributed by atoms with van der Waals surface area (Å²) in [6, 6.07) is 14.6. The van der Waals surface area contributed by atoms with Crippen molar-refractivity contribution in [2.24, 2.45) is 11.7 Å². The third kappa shape index (κ3) is 3.85. The zero-order valence-corrected chi connectivity index (χ0v) is 21.2. The summed E-state index contributed by atoms with van der Waals surface area (Å²) < 4.78 is 31.6. The minimum absolute atomic E-state index is 0.0761. The second-order valence-corrected chi connectivity index (χ2v) is 11.5. The minimum atomic E-state index is -3.65. The number of hydrogen-bond donors (Lipinski definition) is 1. The lowest BCUT2D eigenvalue weighted by Gasteiger charge is -2.28. The van der Waals surface area contributed by atoms with Crippen LogP contribution in [0.15, 0.2) is 53.6 Å². The summed E-state index contributed by atoms with van der Waals surface area (Å²) in [5.74, 6) is -0.274. The van der Waals surface area contributed by atoms with Crippen LogP contribution in [-0.2, 0) is 26.5 Å². The number of aromatic nitrogens is 2. The smallest absolute Gasteiger partial charge is 0.277 e. The first kappa shape index (κ1) is 24.1. The van der Waals surface area contributed by atoms with Gasteiger partial charge in [-0.05, 0) is 61.2 Å². The van der Waals surface area contributed by atoms with E-state index in [0.717, 1.165) is 24.7 Å². The summed E-state index contributed by atoms with van der Waals surface area (Å²) in [7, 11) is -2.09. The van der Waals surface area contributed by atoms with E-state index in [-0.39, 0.29) is 33.9 Å². The summed E-state index contributed by atoms with van der Waals surface area (Å²) in [6.45, 7) is 2.18. The lowest BCUT2D eigenvalue weighted by molar-refractivity contribution is -0.122. The number of nitrogens with zero attached hydrogens (tertiary/aromatic N) is 3. The highest BCUT2D eigenvalue weighted by atomic mass is 32.2. The monoisotopic (exact) mass is 508 g/mol. The van der Waals surface area contributed by atoms with E-state index in [2.05, 4.69) is 5.10 Å². The van der Waals surface area contributed by atoms with Gasteiger partial charge in [0.1, 0.15) is 11.4 Å². The quantitative estimate of drug-likeness (QED) is 0.523. The maximum atomic E-state index is 13.8. The third-order valence-corrected chi connectivity index (χ3v) is 8.48. The van der Waals surface area contributed by atoms with Crippen molar-refractivity contribution < 1.29 is 22.7 Å². The van der Waals surface area contributed by atoms with Crippen LogP contribution >= 0.6 is 0 Å². The van der Waals surface area contributed by atoms with Crippen LogP contribution < -0.4 is 15.4 Å². The number of primary amides is 1. The van der Waals surface area contributed by atoms with Crippen LogP contribution in [0, 0.1) is 5.92 Å². The van der Waals surface area contributed by atoms with E-state index in [1.807, 2.05) is 31.2 Å². The zero-order chi connectivity index (χ0) is 25.8. The Labute approximate surface area is 209 Å². The Hall–Kier alpha value is -3.66. The molecule has 0 saturated heterocycles. The van der Waals surface area contributed by atoms with Gasteiger partial charge < -0.3 is 15.4 Å². The normalized spacial score (nSPS) is 17.4. The van der Waals surface area contributed by atoms with Crippen LogP contribution in [0.2, 0.25) is 0 Å². The predicted octanol–water partition coefficient (Wildman–Crippen LogP) is 2.64. The highest BCUT2D eigenvalue weighted by Gasteiger charge is 2.50. The Bertz CT molecular complexity index is 1460. The maximum Gasteiger partial charge on any atom is 0.277 e. The first-order valence-corrected chi connectivity index (χ1v) is 13.6. The van der Waals surface area contributed by atoms with Crippen molar-refractivity contribution in [2.45, 2.75) is 36.6 Å². The molecule has 5 rings (SSSR count). The van der Waals surface area contributed by atoms with E-state index in [1.54, 1.807) is 36.3 Å². The topological polar surface area (TPSA) is 125 Å². The second-order valence-electron chi connectivity index (χ2n) is 9.55. The molecular formula is C26H28N4O5S. The lowest BCUT2D eigenvalue weighted by Crippen LogP contribution is -2.39. The largest absolute Gasteiger partial charge is 0.497 e. The van der Waals surface area contributed by atoms with Crippen LogP contribution in [0.25, 0.3) is 5.69 Å². The van der Waals surface area contributed by atoms with Gasteiger partial charge in [-0.1, -0.05) is 19.1 Å². The molecule has 1 saturated carbocycles. The molecule has 1 aromatic heterocycles. The molecule has 1 unspecified atom stereocenters.